The molecule has 3 rings (SSSR count). The van der Waals surface area contributed by atoms with Crippen LogP contribution in [0, 0.1) is 0 Å². The number of nitrogens with zero attached hydrogens (tertiary/aromatic N) is 1. The first-order valence-corrected chi connectivity index (χ1v) is 7.40. The molecule has 114 valence electrons. The summed E-state index contributed by atoms with van der Waals surface area (Å²) in [6.45, 7) is 0.960. The molecule has 0 aliphatic carbocycles. The summed E-state index contributed by atoms with van der Waals surface area (Å²) < 4.78 is 0. The molecular formula is C17H19N3O2. The van der Waals surface area contributed by atoms with Crippen molar-refractivity contribution >= 4 is 5.91 Å². The molecule has 2 atom stereocenters. The van der Waals surface area contributed by atoms with Gasteiger partial charge in [-0.3, -0.25) is 9.78 Å². The lowest BCUT2D eigenvalue weighted by Gasteiger charge is -2.30. The van der Waals surface area contributed by atoms with E-state index in [1.807, 2.05) is 12.1 Å². The number of amides is 1. The number of carbonyl (C=O) groups is 1. The Hall–Kier alpha value is -2.24. The van der Waals surface area contributed by atoms with Gasteiger partial charge in [0.15, 0.2) is 0 Å². The number of nitrogens with one attached hydrogen (secondary N) is 2. The molecular weight excluding hydrogens is 278 g/mol. The molecule has 1 aromatic heterocycles. The zero-order valence-corrected chi connectivity index (χ0v) is 12.2. The van der Waals surface area contributed by atoms with Crippen molar-refractivity contribution < 1.29 is 9.90 Å². The molecule has 22 heavy (non-hydrogen) atoms. The highest BCUT2D eigenvalue weighted by atomic mass is 16.3. The normalized spacial score (nSPS) is 18.3. The summed E-state index contributed by atoms with van der Waals surface area (Å²) in [6, 6.07) is 11.6. The lowest BCUT2D eigenvalue weighted by atomic mass is 9.93. The standard InChI is InChI=1S/C17H19N3O2/c21-16(11-20-17(22)14-6-3-7-18-9-14)15-8-12-4-1-2-5-13(12)10-19-15/h1-7,9,15-16,19,21H,8,10-11H2,(H,20,22)/t15-,16+/m0/s1. The van der Waals surface area contributed by atoms with Crippen molar-refractivity contribution in [2.45, 2.75) is 25.1 Å². The number of fused-ring (bicyclic) bond motifs is 1. The van der Waals surface area contributed by atoms with Gasteiger partial charge in [0.1, 0.15) is 0 Å². The van der Waals surface area contributed by atoms with Crippen LogP contribution in [0.1, 0.15) is 21.5 Å². The van der Waals surface area contributed by atoms with Crippen LogP contribution in [-0.4, -0.2) is 34.7 Å². The molecule has 0 radical (unpaired) electrons. The van der Waals surface area contributed by atoms with E-state index >= 15 is 0 Å². The molecule has 0 saturated carbocycles. The zero-order chi connectivity index (χ0) is 15.4. The minimum Gasteiger partial charge on any atom is -0.390 e. The van der Waals surface area contributed by atoms with Crippen LogP contribution in [0.2, 0.25) is 0 Å². The third kappa shape index (κ3) is 3.32. The number of hydrogen-bond acceptors (Lipinski definition) is 4. The van der Waals surface area contributed by atoms with Gasteiger partial charge >= 0.3 is 0 Å². The van der Waals surface area contributed by atoms with Crippen LogP contribution in [0.3, 0.4) is 0 Å². The molecule has 1 aliphatic rings. The Morgan fingerprint density at radius 2 is 2.14 bits per heavy atom. The Balaban J connectivity index is 1.55. The van der Waals surface area contributed by atoms with E-state index in [4.69, 9.17) is 0 Å². The van der Waals surface area contributed by atoms with E-state index in [2.05, 4.69) is 27.8 Å². The van der Waals surface area contributed by atoms with Crippen molar-refractivity contribution in [2.75, 3.05) is 6.54 Å². The number of pyridine rings is 1. The summed E-state index contributed by atoms with van der Waals surface area (Å²) in [5, 5.41) is 16.4. The van der Waals surface area contributed by atoms with Crippen molar-refractivity contribution in [1.29, 1.82) is 0 Å². The van der Waals surface area contributed by atoms with E-state index in [9.17, 15) is 9.90 Å². The highest BCUT2D eigenvalue weighted by Crippen LogP contribution is 2.17. The van der Waals surface area contributed by atoms with Gasteiger partial charge in [0.2, 0.25) is 0 Å². The van der Waals surface area contributed by atoms with Gasteiger partial charge in [-0.25, -0.2) is 0 Å². The van der Waals surface area contributed by atoms with Gasteiger partial charge in [0.05, 0.1) is 11.7 Å². The first kappa shape index (κ1) is 14.7. The first-order valence-electron chi connectivity index (χ1n) is 7.40. The summed E-state index contributed by atoms with van der Waals surface area (Å²) in [5.74, 6) is -0.219. The van der Waals surface area contributed by atoms with Crippen LogP contribution < -0.4 is 10.6 Å². The summed E-state index contributed by atoms with van der Waals surface area (Å²) in [4.78, 5) is 15.9. The largest absolute Gasteiger partial charge is 0.390 e. The fourth-order valence-corrected chi connectivity index (χ4v) is 2.69. The topological polar surface area (TPSA) is 74.2 Å². The average molecular weight is 297 g/mol. The van der Waals surface area contributed by atoms with Gasteiger partial charge in [-0.1, -0.05) is 24.3 Å². The van der Waals surface area contributed by atoms with Crippen molar-refractivity contribution in [3.05, 3.63) is 65.5 Å². The average Bonchev–Trinajstić information content (AvgIpc) is 2.59. The van der Waals surface area contributed by atoms with Crippen LogP contribution in [0.4, 0.5) is 0 Å². The lowest BCUT2D eigenvalue weighted by Crippen LogP contribution is -2.49. The fourth-order valence-electron chi connectivity index (χ4n) is 2.69. The van der Waals surface area contributed by atoms with E-state index in [-0.39, 0.29) is 18.5 Å². The number of benzene rings is 1. The van der Waals surface area contributed by atoms with E-state index in [0.717, 1.165) is 13.0 Å². The zero-order valence-electron chi connectivity index (χ0n) is 12.2. The Morgan fingerprint density at radius 3 is 2.91 bits per heavy atom. The third-order valence-corrected chi connectivity index (χ3v) is 3.97. The third-order valence-electron chi connectivity index (χ3n) is 3.97. The van der Waals surface area contributed by atoms with Crippen LogP contribution in [0.15, 0.2) is 48.8 Å². The number of carbonyl (C=O) groups excluding carboxylic acids is 1. The second kappa shape index (κ2) is 6.68. The number of aliphatic hydroxyl groups is 1. The van der Waals surface area contributed by atoms with Crippen molar-refractivity contribution in [2.24, 2.45) is 0 Å². The van der Waals surface area contributed by atoms with E-state index in [1.165, 1.54) is 17.3 Å². The molecule has 0 bridgehead atoms. The molecule has 5 heteroatoms. The van der Waals surface area contributed by atoms with Crippen molar-refractivity contribution in [3.8, 4) is 0 Å². The van der Waals surface area contributed by atoms with E-state index in [1.54, 1.807) is 18.3 Å². The molecule has 5 nitrogen and oxygen atoms in total. The summed E-state index contributed by atoms with van der Waals surface area (Å²) in [7, 11) is 0. The van der Waals surface area contributed by atoms with Gasteiger partial charge in [-0.05, 0) is 29.7 Å². The van der Waals surface area contributed by atoms with Gasteiger partial charge in [0.25, 0.3) is 5.91 Å². The fraction of sp³-hybridized carbons (Fsp3) is 0.294. The van der Waals surface area contributed by atoms with Crippen LogP contribution in [0.5, 0.6) is 0 Å². The molecule has 0 saturated heterocycles. The van der Waals surface area contributed by atoms with E-state index < -0.39 is 6.10 Å². The van der Waals surface area contributed by atoms with Gasteiger partial charge < -0.3 is 15.7 Å². The minimum atomic E-state index is -0.631. The number of hydrogen-bond donors (Lipinski definition) is 3. The first-order chi connectivity index (χ1) is 10.7. The Morgan fingerprint density at radius 1 is 1.32 bits per heavy atom. The maximum Gasteiger partial charge on any atom is 0.252 e. The maximum absolute atomic E-state index is 11.9. The molecule has 3 N–H and O–H groups in total. The quantitative estimate of drug-likeness (QED) is 0.783. The van der Waals surface area contributed by atoms with Crippen molar-refractivity contribution in [3.63, 3.8) is 0 Å². The summed E-state index contributed by atoms with van der Waals surface area (Å²) in [6.07, 6.45) is 3.26. The summed E-state index contributed by atoms with van der Waals surface area (Å²) >= 11 is 0. The maximum atomic E-state index is 11.9. The Labute approximate surface area is 129 Å². The molecule has 2 heterocycles. The molecule has 2 aromatic rings. The minimum absolute atomic E-state index is 0.0518. The predicted octanol–water partition coefficient (Wildman–Crippen LogP) is 0.887. The van der Waals surface area contributed by atoms with Crippen LogP contribution in [0.25, 0.3) is 0 Å². The van der Waals surface area contributed by atoms with Crippen LogP contribution in [-0.2, 0) is 13.0 Å². The molecule has 1 amide bonds. The molecule has 1 aliphatic heterocycles. The number of aliphatic hydroxyl groups excluding tert-OH is 1. The number of aromatic nitrogens is 1. The number of rotatable bonds is 4. The monoisotopic (exact) mass is 297 g/mol. The molecule has 0 fully saturated rings. The van der Waals surface area contributed by atoms with Gasteiger partial charge in [0, 0.05) is 31.5 Å². The van der Waals surface area contributed by atoms with Crippen LogP contribution >= 0.6 is 0 Å². The van der Waals surface area contributed by atoms with Crippen molar-refractivity contribution in [1.82, 2.24) is 15.6 Å². The second-order valence-electron chi connectivity index (χ2n) is 5.48. The second-order valence-corrected chi connectivity index (χ2v) is 5.48. The smallest absolute Gasteiger partial charge is 0.252 e. The highest BCUT2D eigenvalue weighted by molar-refractivity contribution is 5.93. The molecule has 1 aromatic carbocycles. The summed E-state index contributed by atoms with van der Waals surface area (Å²) in [5.41, 5.74) is 3.02. The molecule has 0 spiro atoms. The Kier molecular flexibility index (Phi) is 4.46. The van der Waals surface area contributed by atoms with Gasteiger partial charge in [-0.2, -0.15) is 0 Å². The lowest BCUT2D eigenvalue weighted by molar-refractivity contribution is 0.0869. The van der Waals surface area contributed by atoms with E-state index in [0.29, 0.717) is 5.56 Å². The Bertz CT molecular complexity index is 645. The highest BCUT2D eigenvalue weighted by Gasteiger charge is 2.24. The SMILES string of the molecule is O=C(NC[C@@H](O)[C@@H]1Cc2ccccc2CN1)c1cccnc1. The predicted molar refractivity (Wildman–Crippen MR) is 83.4 cm³/mol. The van der Waals surface area contributed by atoms with Gasteiger partial charge in [-0.15, -0.1) is 0 Å². The molecule has 0 unspecified atom stereocenters.